The molecule has 1 fully saturated rings. The lowest BCUT2D eigenvalue weighted by Crippen LogP contribution is -2.50. The maximum Gasteiger partial charge on any atom is 0.260 e. The molecule has 14 heteroatoms. The third kappa shape index (κ3) is 9.09. The molecule has 1 aromatic heterocycles. The van der Waals surface area contributed by atoms with Crippen LogP contribution in [-0.4, -0.2) is 93.9 Å². The average molecular weight is 630 g/mol. The van der Waals surface area contributed by atoms with Gasteiger partial charge in [-0.2, -0.15) is 4.98 Å². The topological polar surface area (TPSA) is 195 Å². The van der Waals surface area contributed by atoms with E-state index in [9.17, 15) is 24.3 Å². The zero-order valence-electron chi connectivity index (χ0n) is 26.0. The molecule has 2 aromatic carbocycles. The summed E-state index contributed by atoms with van der Waals surface area (Å²) in [5, 5.41) is 21.2. The number of benzene rings is 2. The fourth-order valence-electron chi connectivity index (χ4n) is 4.43. The Morgan fingerprint density at radius 2 is 1.78 bits per heavy atom. The minimum atomic E-state index is -0.765. The highest BCUT2D eigenvalue weighted by atomic mass is 16.3. The monoisotopic (exact) mass is 629 g/mol. The highest BCUT2D eigenvalue weighted by molar-refractivity contribution is 6.08. The third-order valence-corrected chi connectivity index (χ3v) is 7.26. The number of anilines is 5. The van der Waals surface area contributed by atoms with Crippen molar-refractivity contribution in [3.8, 4) is 0 Å². The van der Waals surface area contributed by atoms with Gasteiger partial charge in [0, 0.05) is 68.1 Å². The molecule has 0 unspecified atom stereocenters. The number of nitrogens with zero attached hydrogens (tertiary/aromatic N) is 4. The summed E-state index contributed by atoms with van der Waals surface area (Å²) in [7, 11) is 1.55. The third-order valence-electron chi connectivity index (χ3n) is 7.26. The van der Waals surface area contributed by atoms with Crippen molar-refractivity contribution < 1.29 is 24.3 Å². The number of β-amino-alcohol motifs (C(OH)–C–C–N with tert-alkyl or cyclic N) is 1. The molecule has 0 bridgehead atoms. The lowest BCUT2D eigenvalue weighted by Gasteiger charge is -2.34. The lowest BCUT2D eigenvalue weighted by atomic mass is 10.2. The number of primary amides is 1. The van der Waals surface area contributed by atoms with Crippen LogP contribution in [0.25, 0.3) is 0 Å². The number of carbonyl (C=O) groups is 4. The van der Waals surface area contributed by atoms with Crippen LogP contribution in [0.15, 0.2) is 66.9 Å². The average Bonchev–Trinajstić information content (AvgIpc) is 3.02. The van der Waals surface area contributed by atoms with Crippen molar-refractivity contribution in [2.24, 2.45) is 5.73 Å². The van der Waals surface area contributed by atoms with E-state index in [1.165, 1.54) is 17.2 Å². The number of aliphatic hydroxyl groups excluding tert-OH is 1. The largest absolute Gasteiger partial charge is 0.390 e. The second-order valence-electron chi connectivity index (χ2n) is 10.9. The number of likely N-dealkylation sites (tertiary alicyclic amines) is 1. The summed E-state index contributed by atoms with van der Waals surface area (Å²) in [5.41, 5.74) is 7.38. The smallest absolute Gasteiger partial charge is 0.260 e. The van der Waals surface area contributed by atoms with Gasteiger partial charge in [-0.3, -0.25) is 24.1 Å². The van der Waals surface area contributed by atoms with Crippen LogP contribution in [0.3, 0.4) is 0 Å². The molecule has 4 rings (SSSR count). The Kier molecular flexibility index (Phi) is 11.4. The Morgan fingerprint density at radius 3 is 2.43 bits per heavy atom. The molecule has 1 saturated heterocycles. The molecule has 0 spiro atoms. The quantitative estimate of drug-likeness (QED) is 0.144. The van der Waals surface area contributed by atoms with Crippen LogP contribution in [0, 0.1) is 0 Å². The van der Waals surface area contributed by atoms with E-state index >= 15 is 0 Å². The van der Waals surface area contributed by atoms with Crippen LogP contribution in [0.2, 0.25) is 0 Å². The fraction of sp³-hybridized carbons (Fsp3) is 0.312. The zero-order valence-corrected chi connectivity index (χ0v) is 26.0. The first-order valence-electron chi connectivity index (χ1n) is 14.9. The summed E-state index contributed by atoms with van der Waals surface area (Å²) < 4.78 is 0. The molecule has 2 heterocycles. The standard InChI is InChI=1S/C32H39N9O5/c1-4-14-34-29-26(17-35-32(39-29)38-22-12-10-21(11-13-22)28(33)44)31(46)37-24-8-5-7-23(16-24)36-30(45)20(2)40(3)27(43)9-6-15-41-18-25(42)19-41/h5-13,16-17,20,25,42H,4,14-15,18-19H2,1-3H3,(H2,33,44)(H,36,45)(H,37,46)(H2,34,35,38,39)/t20-/m0/s1. The van der Waals surface area contributed by atoms with Gasteiger partial charge in [-0.25, -0.2) is 4.98 Å². The Hall–Kier alpha value is -5.34. The Morgan fingerprint density at radius 1 is 1.09 bits per heavy atom. The van der Waals surface area contributed by atoms with Gasteiger partial charge in [0.15, 0.2) is 0 Å². The van der Waals surface area contributed by atoms with Gasteiger partial charge in [0.2, 0.25) is 23.7 Å². The number of rotatable bonds is 14. The molecule has 0 radical (unpaired) electrons. The number of hydrogen-bond acceptors (Lipinski definition) is 10. The Labute approximate surface area is 267 Å². The molecule has 3 aromatic rings. The molecule has 1 aliphatic rings. The molecule has 1 atom stereocenters. The number of carbonyl (C=O) groups excluding carboxylic acids is 4. The predicted octanol–water partition coefficient (Wildman–Crippen LogP) is 2.41. The fourth-order valence-corrected chi connectivity index (χ4v) is 4.43. The van der Waals surface area contributed by atoms with Crippen molar-refractivity contribution in [3.05, 3.63) is 78.0 Å². The van der Waals surface area contributed by atoms with E-state index in [0.29, 0.717) is 54.6 Å². The Bertz CT molecular complexity index is 1590. The maximum atomic E-state index is 13.3. The minimum absolute atomic E-state index is 0.213. The first kappa shape index (κ1) is 33.6. The van der Waals surface area contributed by atoms with E-state index in [1.807, 2.05) is 11.8 Å². The van der Waals surface area contributed by atoms with Crippen molar-refractivity contribution >= 4 is 52.5 Å². The molecule has 0 saturated carbocycles. The van der Waals surface area contributed by atoms with Crippen LogP contribution in [-0.2, 0) is 9.59 Å². The van der Waals surface area contributed by atoms with Crippen LogP contribution in [0.4, 0.5) is 28.8 Å². The summed E-state index contributed by atoms with van der Waals surface area (Å²) in [6.45, 7) is 5.89. The van der Waals surface area contributed by atoms with E-state index in [2.05, 4.69) is 31.2 Å². The van der Waals surface area contributed by atoms with Crippen LogP contribution in [0.1, 0.15) is 41.0 Å². The Balaban J connectivity index is 1.38. The van der Waals surface area contributed by atoms with Gasteiger partial charge in [0.25, 0.3) is 5.91 Å². The van der Waals surface area contributed by atoms with Crippen molar-refractivity contribution in [2.75, 3.05) is 54.5 Å². The number of aliphatic hydroxyl groups is 1. The van der Waals surface area contributed by atoms with E-state index < -0.39 is 23.8 Å². The van der Waals surface area contributed by atoms with Crippen molar-refractivity contribution in [2.45, 2.75) is 32.4 Å². The number of aromatic nitrogens is 2. The van der Waals surface area contributed by atoms with Crippen LogP contribution >= 0.6 is 0 Å². The van der Waals surface area contributed by atoms with Gasteiger partial charge >= 0.3 is 0 Å². The number of nitrogens with two attached hydrogens (primary N) is 1. The van der Waals surface area contributed by atoms with Gasteiger partial charge < -0.3 is 37.0 Å². The normalized spacial score (nSPS) is 13.8. The highest BCUT2D eigenvalue weighted by Gasteiger charge is 2.24. The van der Waals surface area contributed by atoms with Crippen molar-refractivity contribution in [1.82, 2.24) is 19.8 Å². The van der Waals surface area contributed by atoms with Gasteiger partial charge in [0.1, 0.15) is 17.4 Å². The second kappa shape index (κ2) is 15.6. The molecular weight excluding hydrogens is 590 g/mol. The summed E-state index contributed by atoms with van der Waals surface area (Å²) in [5.74, 6) is -1.13. The van der Waals surface area contributed by atoms with E-state index in [0.717, 1.165) is 6.42 Å². The highest BCUT2D eigenvalue weighted by Crippen LogP contribution is 2.21. The summed E-state index contributed by atoms with van der Waals surface area (Å²) in [6.07, 6.45) is 5.02. The van der Waals surface area contributed by atoms with Crippen molar-refractivity contribution in [3.63, 3.8) is 0 Å². The lowest BCUT2D eigenvalue weighted by molar-refractivity contribution is -0.132. The summed E-state index contributed by atoms with van der Waals surface area (Å²) in [6, 6.07) is 12.4. The first-order chi connectivity index (χ1) is 22.0. The zero-order chi connectivity index (χ0) is 33.2. The molecule has 0 aliphatic carbocycles. The molecule has 7 N–H and O–H groups in total. The maximum absolute atomic E-state index is 13.3. The van der Waals surface area contributed by atoms with E-state index in [1.54, 1.807) is 68.6 Å². The first-order valence-corrected chi connectivity index (χ1v) is 14.9. The van der Waals surface area contributed by atoms with Crippen LogP contribution in [0.5, 0.6) is 0 Å². The second-order valence-corrected chi connectivity index (χ2v) is 10.9. The van der Waals surface area contributed by atoms with Gasteiger partial charge in [-0.15, -0.1) is 0 Å². The van der Waals surface area contributed by atoms with E-state index in [-0.39, 0.29) is 23.5 Å². The van der Waals surface area contributed by atoms with E-state index in [4.69, 9.17) is 5.73 Å². The molecular formula is C32H39N9O5. The molecule has 46 heavy (non-hydrogen) atoms. The van der Waals surface area contributed by atoms with Gasteiger partial charge in [0.05, 0.1) is 6.10 Å². The SMILES string of the molecule is CCCNc1nc(Nc2ccc(C(N)=O)cc2)ncc1C(=O)Nc1cccc(NC(=O)[C@H](C)N(C)C(=O)C=CCN2CC(O)C2)c1. The van der Waals surface area contributed by atoms with Gasteiger partial charge in [-0.1, -0.05) is 19.1 Å². The number of amides is 4. The van der Waals surface area contributed by atoms with Gasteiger partial charge in [-0.05, 0) is 55.8 Å². The number of likely N-dealkylation sites (N-methyl/N-ethyl adjacent to an activating group) is 1. The molecule has 14 nitrogen and oxygen atoms in total. The minimum Gasteiger partial charge on any atom is -0.390 e. The van der Waals surface area contributed by atoms with Crippen LogP contribution < -0.4 is 27.0 Å². The number of hydrogen-bond donors (Lipinski definition) is 6. The molecule has 4 amide bonds. The van der Waals surface area contributed by atoms with Crippen molar-refractivity contribution in [1.29, 1.82) is 0 Å². The number of nitrogens with one attached hydrogen (secondary N) is 4. The predicted molar refractivity (Wildman–Crippen MR) is 176 cm³/mol. The molecule has 242 valence electrons. The summed E-state index contributed by atoms with van der Waals surface area (Å²) in [4.78, 5) is 62.2. The summed E-state index contributed by atoms with van der Waals surface area (Å²) >= 11 is 0. The molecule has 1 aliphatic heterocycles.